The Morgan fingerprint density at radius 3 is 2.56 bits per heavy atom. The van der Waals surface area contributed by atoms with Crippen molar-refractivity contribution in [2.45, 2.75) is 40.3 Å². The molecule has 0 spiro atoms. The average Bonchev–Trinajstić information content (AvgIpc) is 3.12. The van der Waals surface area contributed by atoms with Gasteiger partial charge >= 0.3 is 0 Å². The summed E-state index contributed by atoms with van der Waals surface area (Å²) in [6.45, 7) is 8.44. The Morgan fingerprint density at radius 1 is 1.12 bits per heavy atom. The van der Waals surface area contributed by atoms with Gasteiger partial charge in [-0.05, 0) is 57.5 Å². The van der Waals surface area contributed by atoms with Gasteiger partial charge in [0, 0.05) is 17.6 Å². The number of nitrogens with zero attached hydrogens (tertiary/aromatic N) is 4. The molecule has 2 aromatic heterocycles. The number of aryl methyl sites for hydroxylation is 3. The first kappa shape index (κ1) is 17.0. The van der Waals surface area contributed by atoms with Crippen LogP contribution in [0.25, 0.3) is 0 Å². The third kappa shape index (κ3) is 3.96. The van der Waals surface area contributed by atoms with Crippen molar-refractivity contribution < 1.29 is 4.79 Å². The monoisotopic (exact) mass is 337 g/mol. The zero-order valence-electron chi connectivity index (χ0n) is 15.0. The highest BCUT2D eigenvalue weighted by molar-refractivity contribution is 5.93. The van der Waals surface area contributed by atoms with E-state index in [4.69, 9.17) is 0 Å². The van der Waals surface area contributed by atoms with Crippen molar-refractivity contribution >= 4 is 11.6 Å². The zero-order valence-corrected chi connectivity index (χ0v) is 15.0. The Balaban J connectivity index is 1.71. The predicted molar refractivity (Wildman–Crippen MR) is 97.5 cm³/mol. The van der Waals surface area contributed by atoms with Gasteiger partial charge in [-0.15, -0.1) is 0 Å². The fourth-order valence-corrected chi connectivity index (χ4v) is 2.77. The van der Waals surface area contributed by atoms with Crippen LogP contribution in [0.15, 0.2) is 42.6 Å². The summed E-state index contributed by atoms with van der Waals surface area (Å²) in [5, 5.41) is 11.8. The summed E-state index contributed by atoms with van der Waals surface area (Å²) in [5.41, 5.74) is 4.89. The molecule has 0 aliphatic heterocycles. The molecule has 0 fully saturated rings. The number of carbonyl (C=O) groups excluding carboxylic acids is 1. The van der Waals surface area contributed by atoms with Gasteiger partial charge in [-0.1, -0.05) is 12.1 Å². The van der Waals surface area contributed by atoms with E-state index >= 15 is 0 Å². The molecule has 0 bridgehead atoms. The van der Waals surface area contributed by atoms with Gasteiger partial charge in [-0.25, -0.2) is 0 Å². The molecule has 3 aromatic rings. The highest BCUT2D eigenvalue weighted by Crippen LogP contribution is 2.15. The molecular weight excluding hydrogens is 314 g/mol. The van der Waals surface area contributed by atoms with E-state index in [0.717, 1.165) is 28.3 Å². The second kappa shape index (κ2) is 6.93. The first-order valence-electron chi connectivity index (χ1n) is 8.35. The Labute approximate surface area is 147 Å². The topological polar surface area (TPSA) is 64.7 Å². The van der Waals surface area contributed by atoms with E-state index in [9.17, 15) is 4.79 Å². The van der Waals surface area contributed by atoms with E-state index in [1.807, 2.05) is 68.9 Å². The number of carbonyl (C=O) groups is 1. The van der Waals surface area contributed by atoms with E-state index in [0.29, 0.717) is 6.54 Å². The van der Waals surface area contributed by atoms with Crippen molar-refractivity contribution in [2.75, 3.05) is 5.32 Å². The van der Waals surface area contributed by atoms with Crippen LogP contribution < -0.4 is 5.32 Å². The Kier molecular flexibility index (Phi) is 4.70. The molecule has 1 atom stereocenters. The molecule has 130 valence electrons. The molecule has 0 saturated carbocycles. The van der Waals surface area contributed by atoms with Crippen molar-refractivity contribution in [2.24, 2.45) is 0 Å². The third-order valence-electron chi connectivity index (χ3n) is 4.15. The van der Waals surface area contributed by atoms with Gasteiger partial charge in [0.2, 0.25) is 5.91 Å². The first-order chi connectivity index (χ1) is 11.9. The van der Waals surface area contributed by atoms with Gasteiger partial charge < -0.3 is 5.32 Å². The van der Waals surface area contributed by atoms with Gasteiger partial charge in [-0.3, -0.25) is 14.2 Å². The molecule has 0 aliphatic rings. The van der Waals surface area contributed by atoms with E-state index < -0.39 is 0 Å². The van der Waals surface area contributed by atoms with Crippen LogP contribution in [-0.4, -0.2) is 25.5 Å². The van der Waals surface area contributed by atoms with Crippen LogP contribution in [0.2, 0.25) is 0 Å². The van der Waals surface area contributed by atoms with Crippen LogP contribution in [-0.2, 0) is 11.3 Å². The Hall–Kier alpha value is -2.89. The van der Waals surface area contributed by atoms with Gasteiger partial charge in [0.1, 0.15) is 6.04 Å². The fraction of sp³-hybridized carbons (Fsp3) is 0.316. The molecule has 0 radical (unpaired) electrons. The molecule has 0 saturated heterocycles. The Bertz CT molecular complexity index is 893. The number of hydrogen-bond donors (Lipinski definition) is 1. The summed E-state index contributed by atoms with van der Waals surface area (Å²) in [7, 11) is 0. The molecule has 6 nitrogen and oxygen atoms in total. The largest absolute Gasteiger partial charge is 0.324 e. The van der Waals surface area contributed by atoms with Crippen molar-refractivity contribution in [1.29, 1.82) is 0 Å². The lowest BCUT2D eigenvalue weighted by atomic mass is 10.2. The fourth-order valence-electron chi connectivity index (χ4n) is 2.77. The second-order valence-electron chi connectivity index (χ2n) is 6.39. The quantitative estimate of drug-likeness (QED) is 0.777. The van der Waals surface area contributed by atoms with E-state index in [2.05, 4.69) is 21.6 Å². The standard InChI is InChI=1S/C19H23N5O/c1-13-8-9-23(21-13)16(4)19(25)20-18-7-5-6-17(11-18)12-24-15(3)10-14(2)22-24/h5-11,16H,12H2,1-4H3,(H,20,25). The number of amides is 1. The summed E-state index contributed by atoms with van der Waals surface area (Å²) < 4.78 is 3.63. The summed E-state index contributed by atoms with van der Waals surface area (Å²) in [5.74, 6) is -0.0913. The lowest BCUT2D eigenvalue weighted by molar-refractivity contribution is -0.119. The molecule has 3 rings (SSSR count). The summed E-state index contributed by atoms with van der Waals surface area (Å²) >= 11 is 0. The maximum Gasteiger partial charge on any atom is 0.248 e. The molecule has 0 aliphatic carbocycles. The van der Waals surface area contributed by atoms with Crippen molar-refractivity contribution in [3.63, 3.8) is 0 Å². The summed E-state index contributed by atoms with van der Waals surface area (Å²) in [6, 6.07) is 11.4. The zero-order chi connectivity index (χ0) is 18.0. The molecular formula is C19H23N5O. The second-order valence-corrected chi connectivity index (χ2v) is 6.39. The molecule has 1 N–H and O–H groups in total. The Morgan fingerprint density at radius 2 is 1.92 bits per heavy atom. The number of anilines is 1. The third-order valence-corrected chi connectivity index (χ3v) is 4.15. The molecule has 25 heavy (non-hydrogen) atoms. The molecule has 1 aromatic carbocycles. The minimum Gasteiger partial charge on any atom is -0.324 e. The predicted octanol–water partition coefficient (Wildman–Crippen LogP) is 3.25. The highest BCUT2D eigenvalue weighted by atomic mass is 16.2. The van der Waals surface area contributed by atoms with Crippen LogP contribution in [0.1, 0.15) is 35.6 Å². The molecule has 6 heteroatoms. The number of nitrogens with one attached hydrogen (secondary N) is 1. The van der Waals surface area contributed by atoms with Crippen LogP contribution >= 0.6 is 0 Å². The lowest BCUT2D eigenvalue weighted by Gasteiger charge is -2.13. The van der Waals surface area contributed by atoms with E-state index in [1.54, 1.807) is 4.68 Å². The number of rotatable bonds is 5. The van der Waals surface area contributed by atoms with Crippen molar-refractivity contribution in [1.82, 2.24) is 19.6 Å². The van der Waals surface area contributed by atoms with E-state index in [1.165, 1.54) is 0 Å². The van der Waals surface area contributed by atoms with Gasteiger partial charge in [-0.2, -0.15) is 10.2 Å². The van der Waals surface area contributed by atoms with Gasteiger partial charge in [0.05, 0.1) is 17.9 Å². The minimum absolute atomic E-state index is 0.0913. The lowest BCUT2D eigenvalue weighted by Crippen LogP contribution is -2.24. The summed E-state index contributed by atoms with van der Waals surface area (Å²) in [6.07, 6.45) is 1.82. The van der Waals surface area contributed by atoms with E-state index in [-0.39, 0.29) is 11.9 Å². The molecule has 1 unspecified atom stereocenters. The van der Waals surface area contributed by atoms with Crippen LogP contribution in [0.4, 0.5) is 5.69 Å². The molecule has 2 heterocycles. The summed E-state index contributed by atoms with van der Waals surface area (Å²) in [4.78, 5) is 12.5. The molecule has 1 amide bonds. The highest BCUT2D eigenvalue weighted by Gasteiger charge is 2.15. The van der Waals surface area contributed by atoms with Crippen molar-refractivity contribution in [3.05, 3.63) is 65.2 Å². The van der Waals surface area contributed by atoms with Gasteiger partial charge in [0.15, 0.2) is 0 Å². The number of aromatic nitrogens is 4. The van der Waals surface area contributed by atoms with Gasteiger partial charge in [0.25, 0.3) is 0 Å². The minimum atomic E-state index is -0.367. The van der Waals surface area contributed by atoms with Crippen molar-refractivity contribution in [3.8, 4) is 0 Å². The SMILES string of the molecule is Cc1ccn(C(C)C(=O)Nc2cccc(Cn3nc(C)cc3C)c2)n1. The maximum atomic E-state index is 12.5. The normalized spacial score (nSPS) is 12.2. The van der Waals surface area contributed by atoms with Crippen LogP contribution in [0.3, 0.4) is 0 Å². The smallest absolute Gasteiger partial charge is 0.248 e. The number of benzene rings is 1. The van der Waals surface area contributed by atoms with Crippen LogP contribution in [0, 0.1) is 20.8 Å². The van der Waals surface area contributed by atoms with Crippen LogP contribution in [0.5, 0.6) is 0 Å². The average molecular weight is 337 g/mol. The maximum absolute atomic E-state index is 12.5. The first-order valence-corrected chi connectivity index (χ1v) is 8.35. The number of hydrogen-bond acceptors (Lipinski definition) is 3.